The van der Waals surface area contributed by atoms with E-state index < -0.39 is 0 Å². The van der Waals surface area contributed by atoms with Gasteiger partial charge in [-0.05, 0) is 41.3 Å². The third kappa shape index (κ3) is 1.42. The van der Waals surface area contributed by atoms with Gasteiger partial charge in [-0.25, -0.2) is 4.98 Å². The van der Waals surface area contributed by atoms with E-state index in [9.17, 15) is 0 Å². The summed E-state index contributed by atoms with van der Waals surface area (Å²) in [7, 11) is 0. The molecule has 0 amide bonds. The lowest BCUT2D eigenvalue weighted by Crippen LogP contribution is -1.88. The average molecular weight is 209 g/mol. The maximum absolute atomic E-state index is 5.56. The van der Waals surface area contributed by atoms with Gasteiger partial charge in [-0.3, -0.25) is 0 Å². The Morgan fingerprint density at radius 2 is 1.88 bits per heavy atom. The minimum atomic E-state index is 0.548. The Hall–Kier alpha value is -2.29. The van der Waals surface area contributed by atoms with E-state index in [1.54, 1.807) is 6.20 Å². The Kier molecular flexibility index (Phi) is 1.90. The molecule has 0 unspecified atom stereocenters. The SMILES string of the molecule is Nc1ccc(-c2ccc3[nH]ccc3c2)cn1. The summed E-state index contributed by atoms with van der Waals surface area (Å²) in [5.74, 6) is 0.548. The van der Waals surface area contributed by atoms with Crippen molar-refractivity contribution in [3.8, 4) is 11.1 Å². The van der Waals surface area contributed by atoms with Crippen LogP contribution in [0.15, 0.2) is 48.8 Å². The maximum Gasteiger partial charge on any atom is 0.123 e. The topological polar surface area (TPSA) is 54.7 Å². The van der Waals surface area contributed by atoms with Crippen LogP contribution in [0.1, 0.15) is 0 Å². The number of benzene rings is 1. The highest BCUT2D eigenvalue weighted by atomic mass is 14.8. The summed E-state index contributed by atoms with van der Waals surface area (Å²) in [5, 5.41) is 1.20. The lowest BCUT2D eigenvalue weighted by molar-refractivity contribution is 1.34. The number of hydrogen-bond acceptors (Lipinski definition) is 2. The van der Waals surface area contributed by atoms with Crippen LogP contribution in [0.2, 0.25) is 0 Å². The molecular formula is C13H11N3. The Morgan fingerprint density at radius 1 is 1.00 bits per heavy atom. The molecule has 3 aromatic rings. The standard InChI is InChI=1S/C13H11N3/c14-13-4-2-11(8-16-13)9-1-3-12-10(7-9)5-6-15-12/h1-8,15H,(H2,14,16). The van der Waals surface area contributed by atoms with Crippen LogP contribution in [0.5, 0.6) is 0 Å². The number of H-pyrrole nitrogens is 1. The number of nitrogen functional groups attached to an aromatic ring is 1. The number of nitrogens with two attached hydrogens (primary N) is 1. The Bertz CT molecular complexity index is 623. The number of aromatic amines is 1. The monoisotopic (exact) mass is 209 g/mol. The Labute approximate surface area is 92.9 Å². The van der Waals surface area contributed by atoms with Crippen molar-refractivity contribution in [1.29, 1.82) is 0 Å². The van der Waals surface area contributed by atoms with Crippen molar-refractivity contribution in [3.63, 3.8) is 0 Å². The van der Waals surface area contributed by atoms with Crippen molar-refractivity contribution in [2.75, 3.05) is 5.73 Å². The first kappa shape index (κ1) is 8.97. The summed E-state index contributed by atoms with van der Waals surface area (Å²) in [6.45, 7) is 0. The smallest absolute Gasteiger partial charge is 0.123 e. The van der Waals surface area contributed by atoms with E-state index in [1.807, 2.05) is 18.3 Å². The third-order valence-corrected chi connectivity index (χ3v) is 2.67. The van der Waals surface area contributed by atoms with Crippen molar-refractivity contribution in [1.82, 2.24) is 9.97 Å². The van der Waals surface area contributed by atoms with Gasteiger partial charge in [0.15, 0.2) is 0 Å². The van der Waals surface area contributed by atoms with Crippen LogP contribution in [-0.2, 0) is 0 Å². The first-order valence-electron chi connectivity index (χ1n) is 5.12. The van der Waals surface area contributed by atoms with Crippen LogP contribution in [0, 0.1) is 0 Å². The fourth-order valence-corrected chi connectivity index (χ4v) is 1.81. The van der Waals surface area contributed by atoms with Gasteiger partial charge in [-0.1, -0.05) is 6.07 Å². The van der Waals surface area contributed by atoms with Gasteiger partial charge in [-0.2, -0.15) is 0 Å². The van der Waals surface area contributed by atoms with E-state index in [4.69, 9.17) is 5.73 Å². The summed E-state index contributed by atoms with van der Waals surface area (Å²) in [5.41, 5.74) is 8.94. The largest absolute Gasteiger partial charge is 0.384 e. The molecule has 1 aromatic carbocycles. The second kappa shape index (κ2) is 3.38. The summed E-state index contributed by atoms with van der Waals surface area (Å²) < 4.78 is 0. The van der Waals surface area contributed by atoms with Gasteiger partial charge in [0, 0.05) is 23.5 Å². The van der Waals surface area contributed by atoms with E-state index in [0.29, 0.717) is 5.82 Å². The van der Waals surface area contributed by atoms with Gasteiger partial charge < -0.3 is 10.7 Å². The third-order valence-electron chi connectivity index (χ3n) is 2.67. The maximum atomic E-state index is 5.56. The van der Waals surface area contributed by atoms with Crippen LogP contribution >= 0.6 is 0 Å². The van der Waals surface area contributed by atoms with E-state index in [2.05, 4.69) is 34.2 Å². The van der Waals surface area contributed by atoms with Crippen LogP contribution in [0.3, 0.4) is 0 Å². The number of anilines is 1. The fraction of sp³-hybridized carbons (Fsp3) is 0. The second-order valence-corrected chi connectivity index (χ2v) is 3.75. The van der Waals surface area contributed by atoms with Gasteiger partial charge in [-0.15, -0.1) is 0 Å². The molecule has 0 fully saturated rings. The van der Waals surface area contributed by atoms with Crippen molar-refractivity contribution < 1.29 is 0 Å². The van der Waals surface area contributed by atoms with E-state index in [1.165, 1.54) is 5.39 Å². The molecule has 3 N–H and O–H groups in total. The minimum absolute atomic E-state index is 0.548. The zero-order chi connectivity index (χ0) is 11.0. The van der Waals surface area contributed by atoms with Crippen LogP contribution in [0.25, 0.3) is 22.0 Å². The Morgan fingerprint density at radius 3 is 2.69 bits per heavy atom. The zero-order valence-corrected chi connectivity index (χ0v) is 8.64. The van der Waals surface area contributed by atoms with Crippen molar-refractivity contribution in [2.24, 2.45) is 0 Å². The summed E-state index contributed by atoms with van der Waals surface area (Å²) in [6, 6.07) is 12.1. The normalized spacial score (nSPS) is 10.8. The molecule has 2 heterocycles. The molecule has 2 aromatic heterocycles. The molecule has 0 saturated carbocycles. The molecule has 0 aliphatic rings. The summed E-state index contributed by atoms with van der Waals surface area (Å²) in [6.07, 6.45) is 3.73. The lowest BCUT2D eigenvalue weighted by atomic mass is 10.1. The molecule has 3 rings (SSSR count). The molecular weight excluding hydrogens is 198 g/mol. The van der Waals surface area contributed by atoms with E-state index in [-0.39, 0.29) is 0 Å². The van der Waals surface area contributed by atoms with Gasteiger partial charge in [0.1, 0.15) is 5.82 Å². The number of hydrogen-bond donors (Lipinski definition) is 2. The first-order valence-corrected chi connectivity index (χ1v) is 5.12. The highest BCUT2D eigenvalue weighted by molar-refractivity contribution is 5.84. The fourth-order valence-electron chi connectivity index (χ4n) is 1.81. The highest BCUT2D eigenvalue weighted by Crippen LogP contribution is 2.23. The van der Waals surface area contributed by atoms with E-state index >= 15 is 0 Å². The molecule has 16 heavy (non-hydrogen) atoms. The van der Waals surface area contributed by atoms with Crippen molar-refractivity contribution in [2.45, 2.75) is 0 Å². The van der Waals surface area contributed by atoms with Crippen molar-refractivity contribution in [3.05, 3.63) is 48.8 Å². The highest BCUT2D eigenvalue weighted by Gasteiger charge is 2.00. The predicted molar refractivity (Wildman–Crippen MR) is 65.9 cm³/mol. The summed E-state index contributed by atoms with van der Waals surface area (Å²) >= 11 is 0. The number of pyridine rings is 1. The van der Waals surface area contributed by atoms with Crippen LogP contribution in [-0.4, -0.2) is 9.97 Å². The van der Waals surface area contributed by atoms with Gasteiger partial charge in [0.2, 0.25) is 0 Å². The molecule has 0 aliphatic heterocycles. The summed E-state index contributed by atoms with van der Waals surface area (Å²) in [4.78, 5) is 7.26. The molecule has 0 bridgehead atoms. The van der Waals surface area contributed by atoms with Gasteiger partial charge >= 0.3 is 0 Å². The minimum Gasteiger partial charge on any atom is -0.384 e. The second-order valence-electron chi connectivity index (χ2n) is 3.75. The molecule has 0 radical (unpaired) electrons. The van der Waals surface area contributed by atoms with Crippen LogP contribution < -0.4 is 5.73 Å². The van der Waals surface area contributed by atoms with Gasteiger partial charge in [0.25, 0.3) is 0 Å². The Balaban J connectivity index is 2.14. The van der Waals surface area contributed by atoms with Gasteiger partial charge in [0.05, 0.1) is 0 Å². The molecule has 0 atom stereocenters. The van der Waals surface area contributed by atoms with Crippen molar-refractivity contribution >= 4 is 16.7 Å². The quantitative estimate of drug-likeness (QED) is 0.647. The molecule has 78 valence electrons. The molecule has 0 saturated heterocycles. The molecule has 3 heteroatoms. The number of nitrogens with one attached hydrogen (secondary N) is 1. The molecule has 0 aliphatic carbocycles. The molecule has 0 spiro atoms. The number of rotatable bonds is 1. The molecule has 3 nitrogen and oxygen atoms in total. The lowest BCUT2D eigenvalue weighted by Gasteiger charge is -2.01. The van der Waals surface area contributed by atoms with E-state index in [0.717, 1.165) is 16.6 Å². The average Bonchev–Trinajstić information content (AvgIpc) is 2.77. The predicted octanol–water partition coefficient (Wildman–Crippen LogP) is 2.81. The number of nitrogens with zero attached hydrogens (tertiary/aromatic N) is 1. The first-order chi connectivity index (χ1) is 7.83. The van der Waals surface area contributed by atoms with Crippen LogP contribution in [0.4, 0.5) is 5.82 Å². The zero-order valence-electron chi connectivity index (χ0n) is 8.64. The number of aromatic nitrogens is 2. The number of fused-ring (bicyclic) bond motifs is 1.